The van der Waals surface area contributed by atoms with Gasteiger partial charge in [-0.2, -0.15) is 0 Å². The van der Waals surface area contributed by atoms with Crippen molar-refractivity contribution in [1.82, 2.24) is 4.57 Å². The number of hydrogen-bond acceptors (Lipinski definition) is 5. The van der Waals surface area contributed by atoms with Crippen LogP contribution in [0.5, 0.6) is 0 Å². The van der Waals surface area contributed by atoms with Crippen molar-refractivity contribution < 1.29 is 23.7 Å². The minimum absolute atomic E-state index is 0.327. The van der Waals surface area contributed by atoms with Gasteiger partial charge in [0.15, 0.2) is 12.5 Å². The molecule has 6 heteroatoms. The van der Waals surface area contributed by atoms with E-state index in [2.05, 4.69) is 0 Å². The zero-order valence-electron chi connectivity index (χ0n) is 20.6. The maximum absolute atomic E-state index is 11.8. The van der Waals surface area contributed by atoms with Crippen LogP contribution in [-0.4, -0.2) is 35.8 Å². The number of carbonyl (C=O) groups excluding carboxylic acids is 1. The van der Waals surface area contributed by atoms with Gasteiger partial charge in [0.25, 0.3) is 0 Å². The number of carbonyl (C=O) groups is 1. The van der Waals surface area contributed by atoms with E-state index >= 15 is 0 Å². The predicted molar refractivity (Wildman–Crippen MR) is 140 cm³/mol. The van der Waals surface area contributed by atoms with E-state index < -0.39 is 18.4 Å². The lowest BCUT2D eigenvalue weighted by Crippen LogP contribution is -2.38. The highest BCUT2D eigenvalue weighted by atomic mass is 16.6. The molecular weight excluding hydrogens is 466 g/mol. The molecule has 1 saturated heterocycles. The van der Waals surface area contributed by atoms with Gasteiger partial charge in [-0.3, -0.25) is 4.79 Å². The SMILES string of the molecule is O=Cc1cccn1[C@@H]1O[C@H](COCc2ccccc2)[C@@H](OCc2ccccc2)[C@H]1OCc1ccccc1. The van der Waals surface area contributed by atoms with Crippen LogP contribution in [0, 0.1) is 0 Å². The fourth-order valence-corrected chi connectivity index (χ4v) is 4.58. The predicted octanol–water partition coefficient (Wildman–Crippen LogP) is 5.59. The van der Waals surface area contributed by atoms with Gasteiger partial charge >= 0.3 is 0 Å². The lowest BCUT2D eigenvalue weighted by Gasteiger charge is -2.26. The summed E-state index contributed by atoms with van der Waals surface area (Å²) >= 11 is 0. The lowest BCUT2D eigenvalue weighted by atomic mass is 10.1. The zero-order valence-corrected chi connectivity index (χ0v) is 20.6. The van der Waals surface area contributed by atoms with Crippen molar-refractivity contribution in [3.05, 3.63) is 132 Å². The van der Waals surface area contributed by atoms with Crippen molar-refractivity contribution in [3.8, 4) is 0 Å². The Kier molecular flexibility index (Phi) is 8.56. The molecular formula is C31H31NO5. The first-order valence-corrected chi connectivity index (χ1v) is 12.5. The molecule has 190 valence electrons. The van der Waals surface area contributed by atoms with Gasteiger partial charge in [-0.1, -0.05) is 91.0 Å². The summed E-state index contributed by atoms with van der Waals surface area (Å²) in [6.45, 7) is 1.60. The van der Waals surface area contributed by atoms with Crippen LogP contribution in [0.2, 0.25) is 0 Å². The first-order valence-electron chi connectivity index (χ1n) is 12.5. The molecule has 6 nitrogen and oxygen atoms in total. The van der Waals surface area contributed by atoms with Gasteiger partial charge in [0.05, 0.1) is 32.1 Å². The molecule has 0 bridgehead atoms. The molecule has 0 spiro atoms. The smallest absolute Gasteiger partial charge is 0.166 e. The van der Waals surface area contributed by atoms with Gasteiger partial charge in [-0.05, 0) is 28.8 Å². The molecule has 1 fully saturated rings. The van der Waals surface area contributed by atoms with Crippen LogP contribution < -0.4 is 0 Å². The fourth-order valence-electron chi connectivity index (χ4n) is 4.58. The molecule has 2 heterocycles. The second kappa shape index (κ2) is 12.6. The molecule has 4 atom stereocenters. The topological polar surface area (TPSA) is 58.9 Å². The van der Waals surface area contributed by atoms with E-state index in [0.717, 1.165) is 23.0 Å². The van der Waals surface area contributed by atoms with Crippen molar-refractivity contribution in [1.29, 1.82) is 0 Å². The highest BCUT2D eigenvalue weighted by Gasteiger charge is 2.47. The number of nitrogens with zero attached hydrogens (tertiary/aromatic N) is 1. The Morgan fingerprint density at radius 3 is 1.78 bits per heavy atom. The maximum atomic E-state index is 11.8. The number of rotatable bonds is 12. The molecule has 0 amide bonds. The van der Waals surface area contributed by atoms with Crippen molar-refractivity contribution in [2.24, 2.45) is 0 Å². The van der Waals surface area contributed by atoms with E-state index in [9.17, 15) is 4.79 Å². The lowest BCUT2D eigenvalue weighted by molar-refractivity contribution is -0.0917. The van der Waals surface area contributed by atoms with Gasteiger partial charge in [0, 0.05) is 6.20 Å². The molecule has 3 aromatic carbocycles. The minimum atomic E-state index is -0.537. The van der Waals surface area contributed by atoms with Crippen LogP contribution >= 0.6 is 0 Å². The van der Waals surface area contributed by atoms with Crippen LogP contribution in [-0.2, 0) is 38.8 Å². The van der Waals surface area contributed by atoms with Crippen molar-refractivity contribution in [3.63, 3.8) is 0 Å². The normalized spacial score (nSPS) is 21.2. The highest BCUT2D eigenvalue weighted by Crippen LogP contribution is 2.36. The Bertz CT molecular complexity index is 1230. The zero-order chi connectivity index (χ0) is 25.3. The summed E-state index contributed by atoms with van der Waals surface area (Å²) in [4.78, 5) is 11.8. The number of aldehydes is 1. The largest absolute Gasteiger partial charge is 0.374 e. The monoisotopic (exact) mass is 497 g/mol. The van der Waals surface area contributed by atoms with Crippen LogP contribution in [0.15, 0.2) is 109 Å². The summed E-state index contributed by atoms with van der Waals surface area (Å²) in [7, 11) is 0. The highest BCUT2D eigenvalue weighted by molar-refractivity contribution is 5.72. The Morgan fingerprint density at radius 2 is 1.22 bits per heavy atom. The van der Waals surface area contributed by atoms with E-state index in [4.69, 9.17) is 18.9 Å². The first-order chi connectivity index (χ1) is 18.3. The van der Waals surface area contributed by atoms with E-state index in [1.54, 1.807) is 6.07 Å². The molecule has 0 radical (unpaired) electrons. The molecule has 4 aromatic rings. The van der Waals surface area contributed by atoms with Gasteiger partial charge in [0.1, 0.15) is 18.3 Å². The summed E-state index contributed by atoms with van der Waals surface area (Å²) in [6.07, 6.45) is 0.878. The first kappa shape index (κ1) is 25.1. The van der Waals surface area contributed by atoms with Crippen LogP contribution in [0.4, 0.5) is 0 Å². The maximum Gasteiger partial charge on any atom is 0.166 e. The van der Waals surface area contributed by atoms with Crippen molar-refractivity contribution in [2.75, 3.05) is 6.61 Å². The quantitative estimate of drug-likeness (QED) is 0.239. The van der Waals surface area contributed by atoms with E-state index in [-0.39, 0.29) is 6.10 Å². The summed E-state index contributed by atoms with van der Waals surface area (Å²) in [6, 6.07) is 33.7. The van der Waals surface area contributed by atoms with Gasteiger partial charge in [-0.25, -0.2) is 0 Å². The van der Waals surface area contributed by atoms with E-state index in [1.807, 2.05) is 108 Å². The summed E-state index contributed by atoms with van der Waals surface area (Å²) in [5.74, 6) is 0. The Hall–Kier alpha value is -3.55. The standard InChI is InChI=1S/C31H31NO5/c33-19-27-17-10-18-32(27)31-30(36-22-26-15-8-3-9-16-26)29(35-21-25-13-6-2-7-14-25)28(37-31)23-34-20-24-11-4-1-5-12-24/h1-19,28-31H,20-23H2/t28-,29-,30-,31-/m1/s1. The van der Waals surface area contributed by atoms with Crippen molar-refractivity contribution >= 4 is 6.29 Å². The van der Waals surface area contributed by atoms with Crippen LogP contribution in [0.25, 0.3) is 0 Å². The summed E-state index contributed by atoms with van der Waals surface area (Å²) in [5, 5.41) is 0. The number of ether oxygens (including phenoxy) is 4. The number of hydrogen-bond donors (Lipinski definition) is 0. The average molecular weight is 498 g/mol. The number of benzene rings is 3. The van der Waals surface area contributed by atoms with Crippen LogP contribution in [0.1, 0.15) is 33.4 Å². The average Bonchev–Trinajstić information content (AvgIpc) is 3.56. The van der Waals surface area contributed by atoms with E-state index in [1.165, 1.54) is 0 Å². The third-order valence-electron chi connectivity index (χ3n) is 6.46. The third-order valence-corrected chi connectivity index (χ3v) is 6.46. The molecule has 0 saturated carbocycles. The molecule has 0 unspecified atom stereocenters. The summed E-state index contributed by atoms with van der Waals surface area (Å²) < 4.78 is 27.4. The van der Waals surface area contributed by atoms with Gasteiger partial charge < -0.3 is 23.5 Å². The molecule has 37 heavy (non-hydrogen) atoms. The molecule has 0 aliphatic carbocycles. The van der Waals surface area contributed by atoms with Crippen LogP contribution in [0.3, 0.4) is 0 Å². The number of aromatic nitrogens is 1. The summed E-state index contributed by atoms with van der Waals surface area (Å²) in [5.41, 5.74) is 3.72. The van der Waals surface area contributed by atoms with Gasteiger partial charge in [0.2, 0.25) is 0 Å². The Labute approximate surface area is 217 Å². The van der Waals surface area contributed by atoms with Gasteiger partial charge in [-0.15, -0.1) is 0 Å². The second-order valence-corrected chi connectivity index (χ2v) is 9.05. The third kappa shape index (κ3) is 6.42. The Balaban J connectivity index is 1.38. The fraction of sp³-hybridized carbons (Fsp3) is 0.258. The molecule has 1 aliphatic rings. The Morgan fingerprint density at radius 1 is 0.676 bits per heavy atom. The molecule has 1 aromatic heterocycles. The molecule has 0 N–H and O–H groups in total. The molecule has 1 aliphatic heterocycles. The minimum Gasteiger partial charge on any atom is -0.374 e. The molecule has 5 rings (SSSR count). The second-order valence-electron chi connectivity index (χ2n) is 9.05. The van der Waals surface area contributed by atoms with E-state index in [0.29, 0.717) is 32.1 Å². The van der Waals surface area contributed by atoms with Crippen molar-refractivity contribution in [2.45, 2.75) is 44.4 Å².